The molecule has 0 spiro atoms. The number of aromatic nitrogens is 1. The first-order valence-electron chi connectivity index (χ1n) is 4.94. The first-order valence-corrected chi connectivity index (χ1v) is 7.15. The van der Waals surface area contributed by atoms with Gasteiger partial charge in [0, 0.05) is 17.6 Å². The molecule has 0 amide bonds. The van der Waals surface area contributed by atoms with Crippen molar-refractivity contribution >= 4 is 23.1 Å². The van der Waals surface area contributed by atoms with Gasteiger partial charge in [0.1, 0.15) is 0 Å². The fourth-order valence-electron chi connectivity index (χ4n) is 1.20. The minimum Gasteiger partial charge on any atom is -0.312 e. The van der Waals surface area contributed by atoms with Gasteiger partial charge in [-0.05, 0) is 38.3 Å². The predicted molar refractivity (Wildman–Crippen MR) is 66.2 cm³/mol. The van der Waals surface area contributed by atoms with Crippen molar-refractivity contribution in [3.8, 4) is 0 Å². The number of nitrogens with zero attached hydrogens (tertiary/aromatic N) is 1. The summed E-state index contributed by atoms with van der Waals surface area (Å²) in [5.74, 6) is 1.28. The second kappa shape index (κ2) is 7.26. The Labute approximate surface area is 94.5 Å². The fourth-order valence-corrected chi connectivity index (χ4v) is 2.45. The van der Waals surface area contributed by atoms with Gasteiger partial charge in [0.25, 0.3) is 0 Å². The zero-order valence-electron chi connectivity index (χ0n) is 8.88. The molecule has 0 aliphatic rings. The van der Waals surface area contributed by atoms with Crippen molar-refractivity contribution in [2.75, 3.05) is 18.6 Å². The molecule has 0 aliphatic heterocycles. The largest absolute Gasteiger partial charge is 0.312 e. The summed E-state index contributed by atoms with van der Waals surface area (Å²) in [6.45, 7) is 4.15. The van der Waals surface area contributed by atoms with Crippen LogP contribution in [0.2, 0.25) is 0 Å². The highest BCUT2D eigenvalue weighted by atomic mass is 32.2. The topological polar surface area (TPSA) is 24.9 Å². The molecule has 0 saturated heterocycles. The van der Waals surface area contributed by atoms with E-state index < -0.39 is 0 Å². The molecule has 4 heteroatoms. The Kier molecular flexibility index (Phi) is 6.23. The van der Waals surface area contributed by atoms with Crippen LogP contribution in [0.3, 0.4) is 0 Å². The van der Waals surface area contributed by atoms with Gasteiger partial charge >= 0.3 is 0 Å². The molecule has 1 heterocycles. The lowest BCUT2D eigenvalue weighted by Crippen LogP contribution is -2.13. The Morgan fingerprint density at radius 1 is 1.50 bits per heavy atom. The molecule has 0 atom stereocenters. The van der Waals surface area contributed by atoms with Crippen LogP contribution in [0.1, 0.15) is 22.7 Å². The molecule has 14 heavy (non-hydrogen) atoms. The lowest BCUT2D eigenvalue weighted by molar-refractivity contribution is 0.648. The van der Waals surface area contributed by atoms with E-state index in [0.717, 1.165) is 18.1 Å². The van der Waals surface area contributed by atoms with Gasteiger partial charge in [-0.15, -0.1) is 11.3 Å². The second-order valence-electron chi connectivity index (χ2n) is 3.22. The van der Waals surface area contributed by atoms with Gasteiger partial charge in [0.05, 0.1) is 5.01 Å². The summed E-state index contributed by atoms with van der Waals surface area (Å²) in [5, 5.41) is 4.59. The lowest BCUT2D eigenvalue weighted by atomic mass is 10.3. The van der Waals surface area contributed by atoms with E-state index >= 15 is 0 Å². The van der Waals surface area contributed by atoms with E-state index in [4.69, 9.17) is 0 Å². The van der Waals surface area contributed by atoms with E-state index in [1.165, 1.54) is 23.5 Å². The molecule has 1 N–H and O–H groups in total. The summed E-state index contributed by atoms with van der Waals surface area (Å²) in [4.78, 5) is 5.56. The number of hydrogen-bond acceptors (Lipinski definition) is 4. The number of unbranched alkanes of at least 4 members (excludes halogenated alkanes) is 1. The number of hydrogen-bond donors (Lipinski definition) is 1. The summed E-state index contributed by atoms with van der Waals surface area (Å²) in [6, 6.07) is 0. The third-order valence-corrected chi connectivity index (χ3v) is 3.53. The van der Waals surface area contributed by atoms with Gasteiger partial charge in [-0.25, -0.2) is 4.98 Å². The Morgan fingerprint density at radius 3 is 3.00 bits per heavy atom. The van der Waals surface area contributed by atoms with Crippen molar-refractivity contribution in [2.45, 2.75) is 26.3 Å². The van der Waals surface area contributed by atoms with E-state index in [2.05, 4.69) is 16.6 Å². The van der Waals surface area contributed by atoms with Gasteiger partial charge in [-0.1, -0.05) is 0 Å². The van der Waals surface area contributed by atoms with Crippen LogP contribution in [0.5, 0.6) is 0 Å². The van der Waals surface area contributed by atoms with Crippen molar-refractivity contribution in [1.82, 2.24) is 10.3 Å². The van der Waals surface area contributed by atoms with E-state index in [0.29, 0.717) is 0 Å². The number of aryl methyl sites for hydroxylation is 1. The van der Waals surface area contributed by atoms with E-state index in [1.807, 2.05) is 24.9 Å². The van der Waals surface area contributed by atoms with Gasteiger partial charge in [-0.2, -0.15) is 11.8 Å². The van der Waals surface area contributed by atoms with E-state index in [-0.39, 0.29) is 0 Å². The van der Waals surface area contributed by atoms with Crippen LogP contribution in [-0.4, -0.2) is 23.5 Å². The summed E-state index contributed by atoms with van der Waals surface area (Å²) in [5.41, 5.74) is 0. The smallest absolute Gasteiger partial charge is 0.0897 e. The minimum atomic E-state index is 0.977. The monoisotopic (exact) mass is 230 g/mol. The molecule has 80 valence electrons. The standard InChI is InChI=1S/C10H18N2S2/c1-9-12-8-10(14-9)7-11-5-3-4-6-13-2/h8,11H,3-7H2,1-2H3. The normalized spacial score (nSPS) is 10.7. The minimum absolute atomic E-state index is 0.977. The average molecular weight is 230 g/mol. The third kappa shape index (κ3) is 4.98. The Morgan fingerprint density at radius 2 is 2.36 bits per heavy atom. The highest BCUT2D eigenvalue weighted by Crippen LogP contribution is 2.10. The maximum Gasteiger partial charge on any atom is 0.0897 e. The third-order valence-electron chi connectivity index (χ3n) is 1.92. The first kappa shape index (κ1) is 12.0. The molecular formula is C10H18N2S2. The van der Waals surface area contributed by atoms with Crippen LogP contribution in [0.4, 0.5) is 0 Å². The molecule has 0 unspecified atom stereocenters. The SMILES string of the molecule is CSCCCCNCc1cnc(C)s1. The quantitative estimate of drug-likeness (QED) is 0.729. The van der Waals surface area contributed by atoms with Crippen molar-refractivity contribution in [3.05, 3.63) is 16.1 Å². The fraction of sp³-hybridized carbons (Fsp3) is 0.700. The van der Waals surface area contributed by atoms with Crippen molar-refractivity contribution in [2.24, 2.45) is 0 Å². The summed E-state index contributed by atoms with van der Waals surface area (Å²) < 4.78 is 0. The highest BCUT2D eigenvalue weighted by Gasteiger charge is 1.96. The van der Waals surface area contributed by atoms with Crippen LogP contribution < -0.4 is 5.32 Å². The Bertz CT molecular complexity index is 248. The molecule has 0 aliphatic carbocycles. The number of thiazole rings is 1. The summed E-state index contributed by atoms with van der Waals surface area (Å²) in [7, 11) is 0. The van der Waals surface area contributed by atoms with E-state index in [1.54, 1.807) is 11.3 Å². The zero-order chi connectivity index (χ0) is 10.2. The molecular weight excluding hydrogens is 212 g/mol. The van der Waals surface area contributed by atoms with Gasteiger partial charge < -0.3 is 5.32 Å². The van der Waals surface area contributed by atoms with E-state index in [9.17, 15) is 0 Å². The molecule has 1 aromatic heterocycles. The Balaban J connectivity index is 1.99. The van der Waals surface area contributed by atoms with Crippen LogP contribution >= 0.6 is 23.1 Å². The zero-order valence-corrected chi connectivity index (χ0v) is 10.5. The second-order valence-corrected chi connectivity index (χ2v) is 5.53. The van der Waals surface area contributed by atoms with Gasteiger partial charge in [0.2, 0.25) is 0 Å². The van der Waals surface area contributed by atoms with Crippen molar-refractivity contribution in [3.63, 3.8) is 0 Å². The van der Waals surface area contributed by atoms with Gasteiger partial charge in [0.15, 0.2) is 0 Å². The van der Waals surface area contributed by atoms with Crippen LogP contribution in [0.25, 0.3) is 0 Å². The van der Waals surface area contributed by atoms with Crippen molar-refractivity contribution < 1.29 is 0 Å². The maximum atomic E-state index is 4.22. The van der Waals surface area contributed by atoms with Crippen molar-refractivity contribution in [1.29, 1.82) is 0 Å². The molecule has 1 aromatic rings. The molecule has 2 nitrogen and oxygen atoms in total. The molecule has 0 aromatic carbocycles. The number of thioether (sulfide) groups is 1. The number of rotatable bonds is 7. The molecule has 0 bridgehead atoms. The van der Waals surface area contributed by atoms with Crippen LogP contribution in [0, 0.1) is 6.92 Å². The lowest BCUT2D eigenvalue weighted by Gasteiger charge is -2.01. The molecule has 0 saturated carbocycles. The first-order chi connectivity index (χ1) is 6.83. The molecule has 0 radical (unpaired) electrons. The maximum absolute atomic E-state index is 4.22. The average Bonchev–Trinajstić information content (AvgIpc) is 2.58. The highest BCUT2D eigenvalue weighted by molar-refractivity contribution is 7.98. The summed E-state index contributed by atoms with van der Waals surface area (Å²) in [6.07, 6.45) is 6.72. The summed E-state index contributed by atoms with van der Waals surface area (Å²) >= 11 is 3.70. The molecule has 1 rings (SSSR count). The Hall–Kier alpha value is -0.0600. The molecule has 0 fully saturated rings. The van der Waals surface area contributed by atoms with Crippen LogP contribution in [-0.2, 0) is 6.54 Å². The van der Waals surface area contributed by atoms with Crippen LogP contribution in [0.15, 0.2) is 6.20 Å². The number of nitrogens with one attached hydrogen (secondary N) is 1. The predicted octanol–water partition coefficient (Wildman–Crippen LogP) is 2.68. The van der Waals surface area contributed by atoms with Gasteiger partial charge in [-0.3, -0.25) is 0 Å².